The molecule has 0 aromatic carbocycles. The Morgan fingerprint density at radius 3 is 2.08 bits per heavy atom. The van der Waals surface area contributed by atoms with Crippen LogP contribution in [0.25, 0.3) is 0 Å². The molecule has 4 nitrogen and oxygen atoms in total. The van der Waals surface area contributed by atoms with E-state index in [0.717, 1.165) is 0 Å². The average Bonchev–Trinajstić information content (AvgIpc) is 2.57. The molecule has 0 saturated heterocycles. The monoisotopic (exact) mass is 332 g/mol. The van der Waals surface area contributed by atoms with Gasteiger partial charge in [0.1, 0.15) is 0 Å². The van der Waals surface area contributed by atoms with Gasteiger partial charge in [-0.05, 0) is 0 Å². The van der Waals surface area contributed by atoms with Crippen molar-refractivity contribution < 1.29 is 15.4 Å². The van der Waals surface area contributed by atoms with E-state index in [1.807, 2.05) is 19.8 Å². The van der Waals surface area contributed by atoms with Gasteiger partial charge < -0.3 is 0 Å². The van der Waals surface area contributed by atoms with Crippen molar-refractivity contribution in [1.29, 1.82) is 0 Å². The molecule has 0 fully saturated rings. The third-order valence-electron chi connectivity index (χ3n) is 1.13. The Morgan fingerprint density at radius 2 is 1.67 bits per heavy atom. The van der Waals surface area contributed by atoms with Crippen LogP contribution in [-0.4, -0.2) is 21.9 Å². The minimum atomic E-state index is -3.71. The van der Waals surface area contributed by atoms with E-state index in [9.17, 15) is 4.57 Å². The first-order chi connectivity index (χ1) is 5.70. The first-order valence-corrected chi connectivity index (χ1v) is 10.2. The van der Waals surface area contributed by atoms with Crippen LogP contribution in [0, 0.1) is 0 Å². The number of halogens is 2. The fraction of sp³-hybridized carbons (Fsp3) is 0. The molecule has 0 bridgehead atoms. The number of phosphoric acid groups is 1. The summed E-state index contributed by atoms with van der Waals surface area (Å²) < 4.78 is 27.8. The molecule has 0 amide bonds. The van der Waals surface area contributed by atoms with Gasteiger partial charge >= 0.3 is 88.6 Å². The van der Waals surface area contributed by atoms with Crippen molar-refractivity contribution in [2.24, 2.45) is 0 Å². The molecular weight excluding hydrogens is 329 g/mol. The molecule has 66 valence electrons. The molecule has 0 radical (unpaired) electrons. The number of hydrogen-bond donors (Lipinski definition) is 0. The average molecular weight is 333 g/mol. The van der Waals surface area contributed by atoms with Gasteiger partial charge in [0, 0.05) is 0 Å². The third-order valence-corrected chi connectivity index (χ3v) is 10.7. The van der Waals surface area contributed by atoms with Crippen LogP contribution in [0.3, 0.4) is 0 Å². The first-order valence-electron chi connectivity index (χ1n) is 2.94. The Balaban J connectivity index is 2.53. The molecule has 0 aromatic heterocycles. The van der Waals surface area contributed by atoms with Crippen LogP contribution in [0.2, 0.25) is 0 Å². The summed E-state index contributed by atoms with van der Waals surface area (Å²) in [6.45, 7) is 0. The topological polar surface area (TPSA) is 44.8 Å². The van der Waals surface area contributed by atoms with Gasteiger partial charge in [0.15, 0.2) is 0 Å². The molecule has 0 saturated carbocycles. The van der Waals surface area contributed by atoms with E-state index >= 15 is 0 Å². The van der Waals surface area contributed by atoms with E-state index in [1.165, 1.54) is 0 Å². The van der Waals surface area contributed by atoms with Crippen LogP contribution in [0.4, 0.5) is 0 Å². The SMILES string of the molecule is O=P(OCl)(OCl)[O][In]1[CH]=CC=[CH]1. The van der Waals surface area contributed by atoms with E-state index in [2.05, 4.69) is 8.15 Å². The van der Waals surface area contributed by atoms with Crippen LogP contribution in [0.15, 0.2) is 19.8 Å². The molecule has 0 N–H and O–H groups in total. The van der Waals surface area contributed by atoms with E-state index in [1.54, 1.807) is 0 Å². The zero-order valence-electron chi connectivity index (χ0n) is 5.72. The molecule has 1 aliphatic heterocycles. The molecule has 0 atom stereocenters. The van der Waals surface area contributed by atoms with Crippen LogP contribution in [-0.2, 0) is 15.4 Å². The molecule has 1 heterocycles. The molecule has 0 unspecified atom stereocenters. The van der Waals surface area contributed by atoms with Gasteiger partial charge in [-0.1, -0.05) is 0 Å². The summed E-state index contributed by atoms with van der Waals surface area (Å²) in [5.41, 5.74) is 0. The second-order valence-corrected chi connectivity index (χ2v) is 10.8. The van der Waals surface area contributed by atoms with Crippen LogP contribution >= 0.6 is 31.6 Å². The standard InChI is InChI=1S/C4H4.Cl2HO4P.In/c1-3-4-2;1-5-7(3,4)6-2;/h1-4H;(H,3,4);/q;;+1/p-1. The quantitative estimate of drug-likeness (QED) is 0.742. The van der Waals surface area contributed by atoms with Crippen LogP contribution in [0.5, 0.6) is 0 Å². The summed E-state index contributed by atoms with van der Waals surface area (Å²) in [6, 6.07) is 0. The summed E-state index contributed by atoms with van der Waals surface area (Å²) in [6.07, 6.45) is 3.63. The van der Waals surface area contributed by atoms with Gasteiger partial charge in [0.2, 0.25) is 0 Å². The Kier molecular flexibility index (Phi) is 4.68. The fourth-order valence-corrected chi connectivity index (χ4v) is 9.43. The van der Waals surface area contributed by atoms with E-state index in [4.69, 9.17) is 26.4 Å². The van der Waals surface area contributed by atoms with Crippen molar-refractivity contribution in [1.82, 2.24) is 0 Å². The number of hydrogen-bond acceptors (Lipinski definition) is 4. The molecular formula is C4H4Cl2InO4P. The van der Waals surface area contributed by atoms with E-state index in [-0.39, 0.29) is 0 Å². The molecule has 0 spiro atoms. The maximum absolute atomic E-state index is 11.2. The van der Waals surface area contributed by atoms with Crippen molar-refractivity contribution in [3.8, 4) is 0 Å². The zero-order valence-corrected chi connectivity index (χ0v) is 11.4. The second kappa shape index (κ2) is 5.05. The van der Waals surface area contributed by atoms with E-state index in [0.29, 0.717) is 0 Å². The fourth-order valence-electron chi connectivity index (χ4n) is 0.674. The third kappa shape index (κ3) is 3.07. The van der Waals surface area contributed by atoms with Gasteiger partial charge in [-0.25, -0.2) is 0 Å². The van der Waals surface area contributed by atoms with Gasteiger partial charge in [-0.3, -0.25) is 0 Å². The summed E-state index contributed by atoms with van der Waals surface area (Å²) in [7, 11) is -3.71. The molecule has 0 aromatic rings. The van der Waals surface area contributed by atoms with Crippen molar-refractivity contribution in [2.45, 2.75) is 0 Å². The van der Waals surface area contributed by atoms with Crippen LogP contribution < -0.4 is 0 Å². The van der Waals surface area contributed by atoms with E-state index < -0.39 is 29.7 Å². The second-order valence-electron chi connectivity index (χ2n) is 1.93. The number of allylic oxidation sites excluding steroid dienone is 2. The van der Waals surface area contributed by atoms with Gasteiger partial charge in [0.05, 0.1) is 0 Å². The first kappa shape index (κ1) is 11.1. The van der Waals surface area contributed by atoms with Gasteiger partial charge in [-0.2, -0.15) is 0 Å². The molecule has 1 aliphatic rings. The predicted molar refractivity (Wildman–Crippen MR) is 46.6 cm³/mol. The molecule has 1 rings (SSSR count). The Hall–Kier alpha value is 1.04. The Labute approximate surface area is 88.2 Å². The summed E-state index contributed by atoms with van der Waals surface area (Å²) in [5, 5.41) is 0. The Bertz CT molecular complexity index is 235. The molecule has 0 aliphatic carbocycles. The summed E-state index contributed by atoms with van der Waals surface area (Å²) in [4.78, 5) is 0. The van der Waals surface area contributed by atoms with Crippen molar-refractivity contribution in [2.75, 3.05) is 0 Å². The summed E-state index contributed by atoms with van der Waals surface area (Å²) >= 11 is 7.30. The Morgan fingerprint density at radius 1 is 1.17 bits per heavy atom. The van der Waals surface area contributed by atoms with Crippen molar-refractivity contribution in [3.05, 3.63) is 19.8 Å². The van der Waals surface area contributed by atoms with Crippen LogP contribution in [0.1, 0.15) is 0 Å². The summed E-state index contributed by atoms with van der Waals surface area (Å²) in [5.74, 6) is 0. The normalized spacial score (nSPS) is 16.0. The van der Waals surface area contributed by atoms with Crippen molar-refractivity contribution >= 4 is 53.4 Å². The molecule has 12 heavy (non-hydrogen) atoms. The van der Waals surface area contributed by atoms with Crippen molar-refractivity contribution in [3.63, 3.8) is 0 Å². The predicted octanol–water partition coefficient (Wildman–Crippen LogP) is 2.65. The maximum atomic E-state index is 11.2. The minimum absolute atomic E-state index is 1.81. The van der Waals surface area contributed by atoms with Gasteiger partial charge in [-0.15, -0.1) is 0 Å². The van der Waals surface area contributed by atoms with Gasteiger partial charge in [0.25, 0.3) is 0 Å². The molecule has 8 heteroatoms. The number of rotatable bonds is 4. The zero-order chi connectivity index (χ0) is 9.03.